The fraction of sp³-hybridized carbons (Fsp3) is 0.526. The molecule has 24 heavy (non-hydrogen) atoms. The molecule has 0 amide bonds. The second kappa shape index (κ2) is 5.95. The number of nitrogen functional groups attached to an aromatic ring is 1. The average Bonchev–Trinajstić information content (AvgIpc) is 2.79. The first-order valence-electron chi connectivity index (χ1n) is 8.47. The molecule has 0 aliphatic heterocycles. The highest BCUT2D eigenvalue weighted by atomic mass is 28.4. The molecule has 5 heteroatoms. The zero-order chi connectivity index (χ0) is 18.3. The van der Waals surface area contributed by atoms with Crippen molar-refractivity contribution in [2.75, 3.05) is 5.73 Å². The van der Waals surface area contributed by atoms with Gasteiger partial charge in [0.25, 0.3) is 0 Å². The predicted molar refractivity (Wildman–Crippen MR) is 105 cm³/mol. The van der Waals surface area contributed by atoms with Gasteiger partial charge in [-0.05, 0) is 30.3 Å². The fourth-order valence-electron chi connectivity index (χ4n) is 2.10. The van der Waals surface area contributed by atoms with E-state index in [-0.39, 0.29) is 10.5 Å². The summed E-state index contributed by atoms with van der Waals surface area (Å²) in [5.41, 5.74) is 8.06. The zero-order valence-corrected chi connectivity index (χ0v) is 17.3. The highest BCUT2D eigenvalue weighted by molar-refractivity contribution is 6.74. The summed E-state index contributed by atoms with van der Waals surface area (Å²) in [4.78, 5) is 0. The molecular formula is C19H31N3OSi. The molecule has 1 heterocycles. The number of aromatic nitrogens is 2. The maximum absolute atomic E-state index is 6.40. The third kappa shape index (κ3) is 3.83. The summed E-state index contributed by atoms with van der Waals surface area (Å²) in [6.07, 6.45) is 0. The molecule has 2 rings (SSSR count). The number of rotatable bonds is 3. The molecular weight excluding hydrogens is 314 g/mol. The van der Waals surface area contributed by atoms with E-state index in [9.17, 15) is 0 Å². The molecule has 0 bridgehead atoms. The van der Waals surface area contributed by atoms with Gasteiger partial charge >= 0.3 is 0 Å². The van der Waals surface area contributed by atoms with E-state index in [1.54, 1.807) is 4.68 Å². The molecule has 1 aromatic carbocycles. The number of anilines is 1. The summed E-state index contributed by atoms with van der Waals surface area (Å²) in [5.74, 6) is 1.52. The van der Waals surface area contributed by atoms with Gasteiger partial charge in [0.15, 0.2) is 0 Å². The lowest BCUT2D eigenvalue weighted by Gasteiger charge is -2.36. The molecule has 0 atom stereocenters. The first-order valence-corrected chi connectivity index (χ1v) is 11.4. The number of hydrogen-bond donors (Lipinski definition) is 1. The summed E-state index contributed by atoms with van der Waals surface area (Å²) in [7, 11) is -1.87. The molecule has 2 N–H and O–H groups in total. The van der Waals surface area contributed by atoms with E-state index in [4.69, 9.17) is 10.2 Å². The third-order valence-corrected chi connectivity index (χ3v) is 9.11. The van der Waals surface area contributed by atoms with Crippen LogP contribution in [0.1, 0.15) is 47.2 Å². The lowest BCUT2D eigenvalue weighted by atomic mass is 9.92. The highest BCUT2D eigenvalue weighted by Gasteiger charge is 2.39. The maximum Gasteiger partial charge on any atom is 0.250 e. The van der Waals surface area contributed by atoms with E-state index in [0.717, 1.165) is 17.1 Å². The quantitative estimate of drug-likeness (QED) is 0.784. The van der Waals surface area contributed by atoms with E-state index in [0.29, 0.717) is 5.82 Å². The van der Waals surface area contributed by atoms with Crippen LogP contribution in [0, 0.1) is 0 Å². The smallest absolute Gasteiger partial charge is 0.250 e. The van der Waals surface area contributed by atoms with E-state index < -0.39 is 8.32 Å². The Morgan fingerprint density at radius 2 is 1.67 bits per heavy atom. The van der Waals surface area contributed by atoms with Crippen molar-refractivity contribution in [3.8, 4) is 11.4 Å². The first kappa shape index (κ1) is 18.6. The average molecular weight is 346 g/mol. The van der Waals surface area contributed by atoms with Crippen LogP contribution in [0.5, 0.6) is 5.75 Å². The second-order valence-electron chi connectivity index (χ2n) is 8.98. The monoisotopic (exact) mass is 345 g/mol. The molecule has 132 valence electrons. The van der Waals surface area contributed by atoms with E-state index in [2.05, 4.69) is 59.7 Å². The Morgan fingerprint density at radius 1 is 1.04 bits per heavy atom. The van der Waals surface area contributed by atoms with Gasteiger partial charge in [0, 0.05) is 17.5 Å². The highest BCUT2D eigenvalue weighted by Crippen LogP contribution is 2.37. The van der Waals surface area contributed by atoms with E-state index in [1.165, 1.54) is 0 Å². The third-order valence-electron chi connectivity index (χ3n) is 4.75. The Morgan fingerprint density at radius 3 is 2.17 bits per heavy atom. The molecule has 0 aliphatic rings. The summed E-state index contributed by atoms with van der Waals surface area (Å²) in [5, 5.41) is 4.84. The number of nitrogens with zero attached hydrogens (tertiary/aromatic N) is 2. The molecule has 2 aromatic rings. The molecule has 0 fully saturated rings. The Bertz CT molecular complexity index is 721. The Balaban J connectivity index is 2.37. The van der Waals surface area contributed by atoms with Crippen LogP contribution in [0.25, 0.3) is 5.69 Å². The van der Waals surface area contributed by atoms with E-state index in [1.807, 2.05) is 30.3 Å². The van der Waals surface area contributed by atoms with Crippen molar-refractivity contribution in [1.82, 2.24) is 9.78 Å². The largest absolute Gasteiger partial charge is 0.543 e. The molecule has 0 unspecified atom stereocenters. The van der Waals surface area contributed by atoms with Crippen molar-refractivity contribution in [2.45, 2.75) is 65.1 Å². The second-order valence-corrected chi connectivity index (χ2v) is 13.7. The topological polar surface area (TPSA) is 53.1 Å². The normalized spacial score (nSPS) is 13.2. The van der Waals surface area contributed by atoms with Crippen molar-refractivity contribution >= 4 is 14.1 Å². The van der Waals surface area contributed by atoms with Crippen LogP contribution in [0.3, 0.4) is 0 Å². The van der Waals surface area contributed by atoms with Crippen molar-refractivity contribution in [2.24, 2.45) is 0 Å². The summed E-state index contributed by atoms with van der Waals surface area (Å²) >= 11 is 0. The lowest BCUT2D eigenvalue weighted by Crippen LogP contribution is -2.43. The van der Waals surface area contributed by atoms with Crippen molar-refractivity contribution < 1.29 is 4.43 Å². The maximum atomic E-state index is 6.40. The molecule has 0 radical (unpaired) electrons. The van der Waals surface area contributed by atoms with Crippen LogP contribution in [-0.2, 0) is 5.41 Å². The summed E-state index contributed by atoms with van der Waals surface area (Å²) in [6.45, 7) is 17.6. The van der Waals surface area contributed by atoms with Crippen LogP contribution in [0.15, 0.2) is 30.3 Å². The van der Waals surface area contributed by atoms with Crippen molar-refractivity contribution in [1.29, 1.82) is 0 Å². The van der Waals surface area contributed by atoms with Gasteiger partial charge in [0.1, 0.15) is 11.6 Å². The van der Waals surface area contributed by atoms with Gasteiger partial charge < -0.3 is 10.2 Å². The van der Waals surface area contributed by atoms with Crippen molar-refractivity contribution in [3.05, 3.63) is 36.0 Å². The molecule has 0 saturated heterocycles. The number of benzene rings is 1. The van der Waals surface area contributed by atoms with Crippen LogP contribution >= 0.6 is 0 Å². The van der Waals surface area contributed by atoms with Crippen LogP contribution < -0.4 is 10.2 Å². The number of nitrogens with two attached hydrogens (primary N) is 1. The number of hydrogen-bond acceptors (Lipinski definition) is 3. The molecule has 0 aliphatic carbocycles. The van der Waals surface area contributed by atoms with Crippen molar-refractivity contribution in [3.63, 3.8) is 0 Å². The van der Waals surface area contributed by atoms with Gasteiger partial charge in [-0.15, -0.1) is 0 Å². The Kier molecular flexibility index (Phi) is 4.61. The standard InChI is InChI=1S/C19H31N3OSi/c1-18(2,3)16-13-17(20)22(21-16)14-10-9-11-15(12-14)23-24(7,8)19(4,5)6/h9-13H,20H2,1-8H3. The minimum absolute atomic E-state index is 0.0331. The summed E-state index contributed by atoms with van der Waals surface area (Å²) in [6, 6.07) is 9.98. The van der Waals surface area contributed by atoms with Gasteiger partial charge in [0.05, 0.1) is 11.4 Å². The molecule has 1 aromatic heterocycles. The van der Waals surface area contributed by atoms with Gasteiger partial charge in [-0.25, -0.2) is 4.68 Å². The Labute approximate surface area is 147 Å². The van der Waals surface area contributed by atoms with Gasteiger partial charge in [0.2, 0.25) is 8.32 Å². The minimum atomic E-state index is -1.87. The van der Waals surface area contributed by atoms with Gasteiger partial charge in [-0.3, -0.25) is 0 Å². The van der Waals surface area contributed by atoms with Crippen LogP contribution in [-0.4, -0.2) is 18.1 Å². The molecule has 0 spiro atoms. The van der Waals surface area contributed by atoms with E-state index >= 15 is 0 Å². The zero-order valence-electron chi connectivity index (χ0n) is 16.3. The van der Waals surface area contributed by atoms with Crippen LogP contribution in [0.4, 0.5) is 5.82 Å². The van der Waals surface area contributed by atoms with Crippen LogP contribution in [0.2, 0.25) is 18.1 Å². The summed E-state index contributed by atoms with van der Waals surface area (Å²) < 4.78 is 8.19. The van der Waals surface area contributed by atoms with Gasteiger partial charge in [-0.1, -0.05) is 47.6 Å². The SMILES string of the molecule is CC(C)(C)c1cc(N)n(-c2cccc(O[Si](C)(C)C(C)(C)C)c2)n1. The molecule has 0 saturated carbocycles. The predicted octanol–water partition coefficient (Wildman–Crippen LogP) is 5.14. The lowest BCUT2D eigenvalue weighted by molar-refractivity contribution is 0.491. The van der Waals surface area contributed by atoms with Gasteiger partial charge in [-0.2, -0.15) is 5.10 Å². The fourth-order valence-corrected chi connectivity index (χ4v) is 3.12. The first-order chi connectivity index (χ1) is 10.8. The Hall–Kier alpha value is -1.75. The molecule has 4 nitrogen and oxygen atoms in total. The minimum Gasteiger partial charge on any atom is -0.543 e.